The second-order valence-electron chi connectivity index (χ2n) is 5.50. The fraction of sp³-hybridized carbons (Fsp3) is 1.00. The minimum atomic E-state index is -0.0798. The number of hydrogen-bond donors (Lipinski definition) is 2. The van der Waals surface area contributed by atoms with Crippen molar-refractivity contribution in [3.05, 3.63) is 0 Å². The van der Waals surface area contributed by atoms with Crippen LogP contribution in [-0.4, -0.2) is 48.8 Å². The maximum atomic E-state index is 9.53. The van der Waals surface area contributed by atoms with Crippen molar-refractivity contribution in [1.82, 2.24) is 10.2 Å². The number of likely N-dealkylation sites (tertiary alicyclic amines) is 1. The van der Waals surface area contributed by atoms with Crippen LogP contribution in [0.1, 0.15) is 38.5 Å². The molecule has 1 heterocycles. The summed E-state index contributed by atoms with van der Waals surface area (Å²) in [6.45, 7) is 3.08. The van der Waals surface area contributed by atoms with Gasteiger partial charge in [0.05, 0.1) is 6.10 Å². The van der Waals surface area contributed by atoms with Gasteiger partial charge in [-0.25, -0.2) is 0 Å². The van der Waals surface area contributed by atoms with E-state index in [0.717, 1.165) is 32.0 Å². The van der Waals surface area contributed by atoms with Crippen molar-refractivity contribution in [2.24, 2.45) is 5.92 Å². The molecule has 3 nitrogen and oxygen atoms in total. The molecule has 0 bridgehead atoms. The summed E-state index contributed by atoms with van der Waals surface area (Å²) in [6, 6.07) is 0.630. The van der Waals surface area contributed by atoms with Crippen LogP contribution in [-0.2, 0) is 0 Å². The van der Waals surface area contributed by atoms with Crippen molar-refractivity contribution >= 4 is 27.0 Å². The summed E-state index contributed by atoms with van der Waals surface area (Å²) in [6.07, 6.45) is 7.90. The van der Waals surface area contributed by atoms with Gasteiger partial charge in [0.2, 0.25) is 0 Å². The Morgan fingerprint density at radius 3 is 2.33 bits per heavy atom. The molecule has 1 aliphatic carbocycles. The van der Waals surface area contributed by atoms with E-state index < -0.39 is 0 Å². The number of likely N-dealkylation sites (N-methyl/N-ethyl adjacent to an activating group) is 1. The van der Waals surface area contributed by atoms with E-state index in [9.17, 15) is 5.11 Å². The van der Waals surface area contributed by atoms with Crippen molar-refractivity contribution in [2.75, 3.05) is 26.7 Å². The van der Waals surface area contributed by atoms with Crippen molar-refractivity contribution in [2.45, 2.75) is 50.7 Å². The molecule has 2 fully saturated rings. The Morgan fingerprint density at radius 1 is 1.17 bits per heavy atom. The molecule has 1 saturated heterocycles. The van der Waals surface area contributed by atoms with Crippen LogP contribution in [0.4, 0.5) is 0 Å². The van der Waals surface area contributed by atoms with Gasteiger partial charge in [-0.05, 0) is 32.2 Å². The predicted octanol–water partition coefficient (Wildman–Crippen LogP) is 1.45. The average Bonchev–Trinajstić information content (AvgIpc) is 2.73. The number of β-amino-alcohol motifs (C(OH)–C–C–N with tert-alkyl or cyclic N) is 1. The first-order chi connectivity index (χ1) is 7.79. The summed E-state index contributed by atoms with van der Waals surface area (Å²) in [7, 11) is 2.09. The maximum absolute atomic E-state index is 9.53. The van der Waals surface area contributed by atoms with Gasteiger partial charge in [0.1, 0.15) is 0 Å². The van der Waals surface area contributed by atoms with E-state index in [1.807, 2.05) is 0 Å². The van der Waals surface area contributed by atoms with E-state index in [2.05, 4.69) is 17.3 Å². The molecule has 18 heavy (non-hydrogen) atoms. The maximum Gasteiger partial charge on any atom is 0.0679 e. The van der Waals surface area contributed by atoms with Gasteiger partial charge in [-0.15, -0.1) is 0 Å². The van der Waals surface area contributed by atoms with Crippen LogP contribution in [0.15, 0.2) is 0 Å². The van der Waals surface area contributed by atoms with Crippen LogP contribution in [0.5, 0.6) is 0 Å². The third-order valence-electron chi connectivity index (χ3n) is 4.29. The van der Waals surface area contributed by atoms with Gasteiger partial charge in [-0.1, -0.05) is 19.3 Å². The quantitative estimate of drug-likeness (QED) is 0.824. The smallest absolute Gasteiger partial charge is 0.0679 e. The Kier molecular flexibility index (Phi) is 9.78. The Labute approximate surface area is 126 Å². The minimum absolute atomic E-state index is 0. The van der Waals surface area contributed by atoms with E-state index in [4.69, 9.17) is 0 Å². The summed E-state index contributed by atoms with van der Waals surface area (Å²) < 4.78 is 0. The van der Waals surface area contributed by atoms with Crippen LogP contribution >= 0.6 is 27.0 Å². The van der Waals surface area contributed by atoms with Gasteiger partial charge in [0.25, 0.3) is 0 Å². The number of hydrogen-bond acceptors (Lipinski definition) is 3. The van der Waals surface area contributed by atoms with Gasteiger partial charge in [-0.3, -0.25) is 4.90 Å². The van der Waals surface area contributed by atoms with Gasteiger partial charge < -0.3 is 10.4 Å². The molecule has 0 spiro atoms. The van der Waals surface area contributed by atoms with Crippen molar-refractivity contribution in [3.63, 3.8) is 0 Å². The minimum Gasteiger partial charge on any atom is -0.392 e. The Balaban J connectivity index is 0.00000144. The zero-order valence-corrected chi connectivity index (χ0v) is 13.5. The first kappa shape index (κ1) is 18.6. The van der Waals surface area contributed by atoms with E-state index >= 15 is 0 Å². The zero-order chi connectivity index (χ0) is 11.4. The van der Waals surface area contributed by atoms with Gasteiger partial charge in [-0.2, -0.15) is 27.0 Å². The van der Waals surface area contributed by atoms with Crippen LogP contribution in [0.2, 0.25) is 0 Å². The summed E-state index contributed by atoms with van der Waals surface area (Å²) >= 11 is 0. The Hall–Kier alpha value is 0.580. The highest BCUT2D eigenvalue weighted by molar-refractivity contribution is 7.59. The molecule has 0 aromatic rings. The second-order valence-corrected chi connectivity index (χ2v) is 5.50. The van der Waals surface area contributed by atoms with Crippen LogP contribution < -0.4 is 5.32 Å². The highest BCUT2D eigenvalue weighted by atomic mass is 32.1. The van der Waals surface area contributed by atoms with Crippen LogP contribution in [0.25, 0.3) is 0 Å². The number of aliphatic hydroxyl groups excluding tert-OH is 1. The summed E-state index contributed by atoms with van der Waals surface area (Å²) in [5, 5.41) is 13.0. The van der Waals surface area contributed by atoms with Gasteiger partial charge >= 0.3 is 0 Å². The number of nitrogens with zero attached hydrogens (tertiary/aromatic N) is 1. The molecule has 1 aliphatic heterocycles. The molecule has 0 aromatic heterocycles. The molecule has 2 rings (SSSR count). The summed E-state index contributed by atoms with van der Waals surface area (Å²) in [5.74, 6) is 0.858. The standard InChI is InChI=1S/C13H26N2O.2H2S/c1-14-13(11-5-3-2-4-6-11)10-15-8-7-12(16)9-15;;/h11-14,16H,2-10H2,1H3;2*1H2/t12-,13+;;/m0../s1. The molecule has 0 unspecified atom stereocenters. The molecule has 110 valence electrons. The van der Waals surface area contributed by atoms with Crippen LogP contribution in [0, 0.1) is 5.92 Å². The average molecular weight is 295 g/mol. The Bertz CT molecular complexity index is 213. The third-order valence-corrected chi connectivity index (χ3v) is 4.29. The molecular weight excluding hydrogens is 264 g/mol. The molecule has 5 heteroatoms. The lowest BCUT2D eigenvalue weighted by molar-refractivity contribution is 0.161. The fourth-order valence-corrected chi connectivity index (χ4v) is 3.27. The van der Waals surface area contributed by atoms with Crippen molar-refractivity contribution < 1.29 is 5.11 Å². The summed E-state index contributed by atoms with van der Waals surface area (Å²) in [5.41, 5.74) is 0. The molecule has 0 radical (unpaired) electrons. The van der Waals surface area contributed by atoms with Gasteiger partial charge in [0, 0.05) is 25.7 Å². The Morgan fingerprint density at radius 2 is 1.83 bits per heavy atom. The van der Waals surface area contributed by atoms with E-state index in [0.29, 0.717) is 6.04 Å². The molecule has 0 aromatic carbocycles. The molecule has 2 N–H and O–H groups in total. The number of nitrogens with one attached hydrogen (secondary N) is 1. The molecule has 1 saturated carbocycles. The van der Waals surface area contributed by atoms with Gasteiger partial charge in [0.15, 0.2) is 0 Å². The highest BCUT2D eigenvalue weighted by Crippen LogP contribution is 2.27. The second kappa shape index (κ2) is 9.48. The molecule has 2 aliphatic rings. The molecular formula is C13H30N2OS2. The number of rotatable bonds is 4. The van der Waals surface area contributed by atoms with E-state index in [1.54, 1.807) is 0 Å². The largest absolute Gasteiger partial charge is 0.392 e. The normalized spacial score (nSPS) is 27.3. The number of aliphatic hydroxyl groups is 1. The fourth-order valence-electron chi connectivity index (χ4n) is 3.27. The van der Waals surface area contributed by atoms with E-state index in [-0.39, 0.29) is 33.1 Å². The topological polar surface area (TPSA) is 35.5 Å². The predicted molar refractivity (Wildman–Crippen MR) is 87.2 cm³/mol. The first-order valence-electron chi connectivity index (χ1n) is 6.87. The SMILES string of the molecule is CN[C@H](CN1CC[C@H](O)C1)C1CCCCC1.S.S. The van der Waals surface area contributed by atoms with Crippen molar-refractivity contribution in [1.29, 1.82) is 0 Å². The molecule has 2 atom stereocenters. The van der Waals surface area contributed by atoms with E-state index in [1.165, 1.54) is 32.1 Å². The van der Waals surface area contributed by atoms with Crippen LogP contribution in [0.3, 0.4) is 0 Å². The monoisotopic (exact) mass is 294 g/mol. The first-order valence-corrected chi connectivity index (χ1v) is 6.87. The highest BCUT2D eigenvalue weighted by Gasteiger charge is 2.27. The summed E-state index contributed by atoms with van der Waals surface area (Å²) in [4.78, 5) is 2.42. The lowest BCUT2D eigenvalue weighted by Gasteiger charge is -2.32. The molecule has 0 amide bonds. The third kappa shape index (κ3) is 5.29. The van der Waals surface area contributed by atoms with Crippen molar-refractivity contribution in [3.8, 4) is 0 Å². The zero-order valence-electron chi connectivity index (χ0n) is 11.5. The lowest BCUT2D eigenvalue weighted by Crippen LogP contribution is -2.44. The lowest BCUT2D eigenvalue weighted by atomic mass is 9.84.